The second-order valence-corrected chi connectivity index (χ2v) is 9.18. The molecule has 33 heavy (non-hydrogen) atoms. The highest BCUT2D eigenvalue weighted by atomic mass is 16.6. The van der Waals surface area contributed by atoms with E-state index in [0.717, 1.165) is 5.56 Å². The van der Waals surface area contributed by atoms with Crippen molar-refractivity contribution >= 4 is 12.0 Å². The van der Waals surface area contributed by atoms with Crippen LogP contribution < -0.4 is 16.4 Å². The van der Waals surface area contributed by atoms with E-state index in [-0.39, 0.29) is 6.61 Å². The second kappa shape index (κ2) is 11.7. The number of hydrogen-bond acceptors (Lipinski definition) is 8. The summed E-state index contributed by atoms with van der Waals surface area (Å²) in [6.07, 6.45) is -0.0118. The maximum absolute atomic E-state index is 13.1. The van der Waals surface area contributed by atoms with Crippen LogP contribution in [0.2, 0.25) is 0 Å². The van der Waals surface area contributed by atoms with Crippen LogP contribution in [-0.4, -0.2) is 56.5 Å². The van der Waals surface area contributed by atoms with Crippen molar-refractivity contribution in [2.75, 3.05) is 13.2 Å². The van der Waals surface area contributed by atoms with E-state index in [1.807, 2.05) is 30.3 Å². The fourth-order valence-corrected chi connectivity index (χ4v) is 2.87. The number of ether oxygens (including phenoxy) is 2. The molecule has 0 fully saturated rings. The molecule has 0 spiro atoms. The van der Waals surface area contributed by atoms with Gasteiger partial charge in [0.25, 0.3) is 0 Å². The van der Waals surface area contributed by atoms with Gasteiger partial charge in [-0.25, -0.2) is 9.48 Å². The van der Waals surface area contributed by atoms with Crippen molar-refractivity contribution in [1.29, 1.82) is 0 Å². The zero-order valence-corrected chi connectivity index (χ0v) is 20.0. The van der Waals surface area contributed by atoms with Crippen molar-refractivity contribution in [3.05, 3.63) is 41.7 Å². The third-order valence-electron chi connectivity index (χ3n) is 4.53. The molecule has 11 nitrogen and oxygen atoms in total. The lowest BCUT2D eigenvalue weighted by molar-refractivity contribution is -0.127. The van der Waals surface area contributed by atoms with Gasteiger partial charge in [0.15, 0.2) is 5.82 Å². The number of amides is 2. The zero-order chi connectivity index (χ0) is 24.5. The maximum Gasteiger partial charge on any atom is 0.408 e. The van der Waals surface area contributed by atoms with Gasteiger partial charge in [0.2, 0.25) is 5.91 Å². The molecule has 2 aromatic rings. The third-order valence-corrected chi connectivity index (χ3v) is 4.53. The minimum atomic E-state index is -1.25. The monoisotopic (exact) mass is 461 g/mol. The molecule has 0 saturated carbocycles. The highest BCUT2D eigenvalue weighted by Gasteiger charge is 2.34. The first kappa shape index (κ1) is 26.2. The van der Waals surface area contributed by atoms with Gasteiger partial charge in [0, 0.05) is 6.54 Å². The molecule has 0 saturated heterocycles. The molecule has 2 amide bonds. The Balaban J connectivity index is 2.12. The van der Waals surface area contributed by atoms with Crippen LogP contribution in [0.4, 0.5) is 4.79 Å². The number of carbonyl (C=O) groups excluding carboxylic acids is 2. The van der Waals surface area contributed by atoms with Gasteiger partial charge in [0.1, 0.15) is 17.2 Å². The molecule has 0 unspecified atom stereocenters. The Morgan fingerprint density at radius 3 is 2.48 bits per heavy atom. The van der Waals surface area contributed by atoms with Crippen molar-refractivity contribution < 1.29 is 19.1 Å². The lowest BCUT2D eigenvalue weighted by Crippen LogP contribution is -2.56. The summed E-state index contributed by atoms with van der Waals surface area (Å²) in [4.78, 5) is 25.3. The summed E-state index contributed by atoms with van der Waals surface area (Å²) >= 11 is 0. The standard InChI is InChI=1S/C22H35N7O4/c1-21(2,3)33-20(31)25-22(4,5)19(30)24-17(15-32-14-16-10-7-6-8-11-16)18-26-27-28-29(18)13-9-12-23/h6-8,10-11,17H,9,12-15,23H2,1-5H3,(H,24,30)(H,25,31)/t17-/m1/s1. The van der Waals surface area contributed by atoms with Crippen molar-refractivity contribution in [3.8, 4) is 0 Å². The number of hydrogen-bond donors (Lipinski definition) is 3. The molecule has 1 aromatic heterocycles. The van der Waals surface area contributed by atoms with E-state index in [2.05, 4.69) is 26.2 Å². The molecule has 0 bridgehead atoms. The number of aryl methyl sites for hydroxylation is 1. The predicted octanol–water partition coefficient (Wildman–Crippen LogP) is 1.70. The van der Waals surface area contributed by atoms with Gasteiger partial charge in [-0.2, -0.15) is 0 Å². The molecular weight excluding hydrogens is 426 g/mol. The molecule has 1 heterocycles. The van der Waals surface area contributed by atoms with Gasteiger partial charge >= 0.3 is 6.09 Å². The Labute approximate surface area is 194 Å². The van der Waals surface area contributed by atoms with Gasteiger partial charge in [-0.1, -0.05) is 30.3 Å². The summed E-state index contributed by atoms with van der Waals surface area (Å²) < 4.78 is 12.7. The molecule has 1 aromatic carbocycles. The number of alkyl carbamates (subject to hydrolysis) is 1. The van der Waals surface area contributed by atoms with Gasteiger partial charge in [0.05, 0.1) is 13.2 Å². The van der Waals surface area contributed by atoms with E-state index in [1.54, 1.807) is 39.3 Å². The highest BCUT2D eigenvalue weighted by molar-refractivity contribution is 5.89. The second-order valence-electron chi connectivity index (χ2n) is 9.18. The lowest BCUT2D eigenvalue weighted by Gasteiger charge is -2.29. The quantitative estimate of drug-likeness (QED) is 0.458. The van der Waals surface area contributed by atoms with Gasteiger partial charge in [-0.3, -0.25) is 4.79 Å². The smallest absolute Gasteiger partial charge is 0.408 e. The van der Waals surface area contributed by atoms with Gasteiger partial charge in [-0.15, -0.1) is 5.10 Å². The topological polar surface area (TPSA) is 146 Å². The number of tetrazole rings is 1. The predicted molar refractivity (Wildman–Crippen MR) is 122 cm³/mol. The summed E-state index contributed by atoms with van der Waals surface area (Å²) in [5.74, 6) is 0.00738. The Morgan fingerprint density at radius 1 is 1.15 bits per heavy atom. The summed E-state index contributed by atoms with van der Waals surface area (Å²) in [5, 5.41) is 17.3. The molecular formula is C22H35N7O4. The summed E-state index contributed by atoms with van der Waals surface area (Å²) in [6.45, 7) is 9.90. The fraction of sp³-hybridized carbons (Fsp3) is 0.591. The van der Waals surface area contributed by atoms with E-state index in [9.17, 15) is 9.59 Å². The van der Waals surface area contributed by atoms with Crippen molar-refractivity contribution in [2.24, 2.45) is 5.73 Å². The van der Waals surface area contributed by atoms with Crippen LogP contribution in [0.15, 0.2) is 30.3 Å². The number of nitrogens with one attached hydrogen (secondary N) is 2. The first-order valence-electron chi connectivity index (χ1n) is 10.9. The molecule has 0 radical (unpaired) electrons. The van der Waals surface area contributed by atoms with E-state index in [1.165, 1.54) is 0 Å². The Morgan fingerprint density at radius 2 is 1.85 bits per heavy atom. The largest absolute Gasteiger partial charge is 0.444 e. The van der Waals surface area contributed by atoms with Gasteiger partial charge in [-0.05, 0) is 63.6 Å². The van der Waals surface area contributed by atoms with Crippen LogP contribution >= 0.6 is 0 Å². The van der Waals surface area contributed by atoms with Crippen molar-refractivity contribution in [1.82, 2.24) is 30.8 Å². The molecule has 4 N–H and O–H groups in total. The van der Waals surface area contributed by atoms with Crippen LogP contribution in [0.1, 0.15) is 58.5 Å². The Kier molecular flexibility index (Phi) is 9.30. The molecule has 2 rings (SSSR count). The number of nitrogens with zero attached hydrogens (tertiary/aromatic N) is 4. The Hall–Kier alpha value is -3.05. The van der Waals surface area contributed by atoms with Crippen LogP contribution in [0.25, 0.3) is 0 Å². The normalized spacial score (nSPS) is 12.8. The third kappa shape index (κ3) is 8.78. The van der Waals surface area contributed by atoms with Crippen molar-refractivity contribution in [2.45, 2.75) is 71.4 Å². The summed E-state index contributed by atoms with van der Waals surface area (Å²) in [7, 11) is 0. The number of benzene rings is 1. The highest BCUT2D eigenvalue weighted by Crippen LogP contribution is 2.15. The van der Waals surface area contributed by atoms with E-state index < -0.39 is 29.2 Å². The fourth-order valence-electron chi connectivity index (χ4n) is 2.87. The minimum Gasteiger partial charge on any atom is -0.444 e. The molecule has 182 valence electrons. The average Bonchev–Trinajstić information content (AvgIpc) is 3.18. The summed E-state index contributed by atoms with van der Waals surface area (Å²) in [5.41, 5.74) is 4.67. The number of rotatable bonds is 11. The van der Waals surface area contributed by atoms with Crippen LogP contribution in [0, 0.1) is 0 Å². The maximum atomic E-state index is 13.1. The Bertz CT molecular complexity index is 894. The molecule has 0 aliphatic rings. The number of nitrogens with two attached hydrogens (primary N) is 1. The first-order valence-corrected chi connectivity index (χ1v) is 10.9. The lowest BCUT2D eigenvalue weighted by atomic mass is 10.0. The number of carbonyl (C=O) groups is 2. The van der Waals surface area contributed by atoms with Gasteiger partial charge < -0.3 is 25.8 Å². The van der Waals surface area contributed by atoms with E-state index in [4.69, 9.17) is 15.2 Å². The van der Waals surface area contributed by atoms with Crippen molar-refractivity contribution in [3.63, 3.8) is 0 Å². The van der Waals surface area contributed by atoms with E-state index in [0.29, 0.717) is 31.9 Å². The van der Waals surface area contributed by atoms with Crippen LogP contribution in [-0.2, 0) is 27.4 Å². The molecule has 11 heteroatoms. The first-order chi connectivity index (χ1) is 15.5. The molecule has 1 atom stereocenters. The summed E-state index contributed by atoms with van der Waals surface area (Å²) in [6, 6.07) is 9.04. The van der Waals surface area contributed by atoms with E-state index >= 15 is 0 Å². The van der Waals surface area contributed by atoms with Crippen LogP contribution in [0.5, 0.6) is 0 Å². The van der Waals surface area contributed by atoms with Crippen LogP contribution in [0.3, 0.4) is 0 Å². The molecule has 0 aliphatic heterocycles. The number of aromatic nitrogens is 4. The molecule has 0 aliphatic carbocycles. The SMILES string of the molecule is CC(C)(C)OC(=O)NC(C)(C)C(=O)N[C@H](COCc1ccccc1)c1nnnn1CCCN. The minimum absolute atomic E-state index is 0.131. The average molecular weight is 462 g/mol. The zero-order valence-electron chi connectivity index (χ0n) is 20.0.